The molecule has 2 heterocycles. The van der Waals surface area contributed by atoms with Crippen LogP contribution in [0.2, 0.25) is 0 Å². The van der Waals surface area contributed by atoms with Crippen molar-refractivity contribution in [2.24, 2.45) is 0 Å². The van der Waals surface area contributed by atoms with Crippen LogP contribution in [0.4, 0.5) is 16.3 Å². The SMILES string of the molecule is CCOC(=O)N1CCC(Nc2ccc(C(=O)N(CC)c3ccccc3)cn2)CC1. The van der Waals surface area contributed by atoms with Crippen LogP contribution in [0.5, 0.6) is 0 Å². The van der Waals surface area contributed by atoms with Crippen molar-refractivity contribution in [2.45, 2.75) is 32.7 Å². The molecule has 7 nitrogen and oxygen atoms in total. The van der Waals surface area contributed by atoms with Crippen molar-refractivity contribution in [3.8, 4) is 0 Å². The minimum atomic E-state index is -0.245. The molecule has 1 N–H and O–H groups in total. The first-order valence-corrected chi connectivity index (χ1v) is 10.1. The fourth-order valence-corrected chi connectivity index (χ4v) is 3.44. The minimum Gasteiger partial charge on any atom is -0.450 e. The van der Waals surface area contributed by atoms with Crippen molar-refractivity contribution in [3.05, 3.63) is 54.2 Å². The van der Waals surface area contributed by atoms with E-state index in [4.69, 9.17) is 4.74 Å². The first kappa shape index (κ1) is 20.6. The van der Waals surface area contributed by atoms with Gasteiger partial charge in [-0.25, -0.2) is 9.78 Å². The summed E-state index contributed by atoms with van der Waals surface area (Å²) in [7, 11) is 0. The second kappa shape index (κ2) is 9.91. The Morgan fingerprint density at radius 1 is 1.14 bits per heavy atom. The summed E-state index contributed by atoms with van der Waals surface area (Å²) in [6.07, 6.45) is 3.03. The Hall–Kier alpha value is -3.09. The predicted octanol–water partition coefficient (Wildman–Crippen LogP) is 3.78. The molecule has 7 heteroatoms. The van der Waals surface area contributed by atoms with Gasteiger partial charge in [-0.05, 0) is 51.0 Å². The number of nitrogens with zero attached hydrogens (tertiary/aromatic N) is 3. The van der Waals surface area contributed by atoms with Crippen LogP contribution in [-0.2, 0) is 4.74 Å². The second-order valence-electron chi connectivity index (χ2n) is 6.92. The summed E-state index contributed by atoms with van der Waals surface area (Å²) in [6, 6.07) is 13.5. The molecule has 2 amide bonds. The summed E-state index contributed by atoms with van der Waals surface area (Å²) in [5.41, 5.74) is 1.42. The van der Waals surface area contributed by atoms with Crippen molar-refractivity contribution in [2.75, 3.05) is 36.5 Å². The van der Waals surface area contributed by atoms with E-state index in [9.17, 15) is 9.59 Å². The third kappa shape index (κ3) is 5.25. The number of pyridine rings is 1. The number of hydrogen-bond donors (Lipinski definition) is 1. The van der Waals surface area contributed by atoms with E-state index in [2.05, 4.69) is 10.3 Å². The Morgan fingerprint density at radius 3 is 2.45 bits per heavy atom. The fourth-order valence-electron chi connectivity index (χ4n) is 3.44. The molecule has 0 aliphatic carbocycles. The number of rotatable bonds is 6. The molecule has 0 atom stereocenters. The maximum absolute atomic E-state index is 12.8. The molecule has 1 fully saturated rings. The number of amides is 2. The normalized spacial score (nSPS) is 14.3. The maximum Gasteiger partial charge on any atom is 0.409 e. The van der Waals surface area contributed by atoms with Crippen molar-refractivity contribution < 1.29 is 14.3 Å². The molecule has 0 unspecified atom stereocenters. The lowest BCUT2D eigenvalue weighted by Gasteiger charge is -2.31. The average Bonchev–Trinajstić information content (AvgIpc) is 2.76. The van der Waals surface area contributed by atoms with Crippen LogP contribution in [0.15, 0.2) is 48.7 Å². The number of carbonyl (C=O) groups is 2. The number of nitrogens with one attached hydrogen (secondary N) is 1. The van der Waals surface area contributed by atoms with Crippen molar-refractivity contribution in [3.63, 3.8) is 0 Å². The molecule has 1 saturated heterocycles. The number of piperidine rings is 1. The fraction of sp³-hybridized carbons (Fsp3) is 0.409. The van der Waals surface area contributed by atoms with Crippen LogP contribution in [0, 0.1) is 0 Å². The predicted molar refractivity (Wildman–Crippen MR) is 113 cm³/mol. The highest BCUT2D eigenvalue weighted by atomic mass is 16.6. The number of likely N-dealkylation sites (tertiary alicyclic amines) is 1. The smallest absolute Gasteiger partial charge is 0.409 e. The summed E-state index contributed by atoms with van der Waals surface area (Å²) in [5.74, 6) is 0.666. The van der Waals surface area contributed by atoms with Gasteiger partial charge in [0.05, 0.1) is 12.2 Å². The van der Waals surface area contributed by atoms with Gasteiger partial charge in [0.15, 0.2) is 0 Å². The van der Waals surface area contributed by atoms with Crippen molar-refractivity contribution in [1.82, 2.24) is 9.88 Å². The van der Waals surface area contributed by atoms with Crippen LogP contribution in [0.25, 0.3) is 0 Å². The van der Waals surface area contributed by atoms with Crippen LogP contribution in [0.3, 0.4) is 0 Å². The Morgan fingerprint density at radius 2 is 1.86 bits per heavy atom. The van der Waals surface area contributed by atoms with E-state index in [-0.39, 0.29) is 18.0 Å². The molecule has 0 bridgehead atoms. The van der Waals surface area contributed by atoms with Gasteiger partial charge in [0.2, 0.25) is 0 Å². The Labute approximate surface area is 171 Å². The molecule has 154 valence electrons. The van der Waals surface area contributed by atoms with E-state index >= 15 is 0 Å². The van der Waals surface area contributed by atoms with Gasteiger partial charge in [-0.15, -0.1) is 0 Å². The maximum atomic E-state index is 12.8. The molecule has 1 aliphatic rings. The zero-order chi connectivity index (χ0) is 20.6. The molecule has 1 aromatic heterocycles. The van der Waals surface area contributed by atoms with Crippen molar-refractivity contribution in [1.29, 1.82) is 0 Å². The number of aromatic nitrogens is 1. The first-order chi connectivity index (χ1) is 14.1. The summed E-state index contributed by atoms with van der Waals surface area (Å²) in [4.78, 5) is 32.5. The Kier molecular flexibility index (Phi) is 7.05. The Balaban J connectivity index is 1.56. The largest absolute Gasteiger partial charge is 0.450 e. The molecule has 1 aliphatic heterocycles. The zero-order valence-corrected chi connectivity index (χ0v) is 17.0. The summed E-state index contributed by atoms with van der Waals surface area (Å²) in [5, 5.41) is 3.40. The highest BCUT2D eigenvalue weighted by molar-refractivity contribution is 6.05. The lowest BCUT2D eigenvalue weighted by atomic mass is 10.1. The van der Waals surface area contributed by atoms with Gasteiger partial charge < -0.3 is 19.9 Å². The van der Waals surface area contributed by atoms with Gasteiger partial charge in [0.1, 0.15) is 5.82 Å². The summed E-state index contributed by atoms with van der Waals surface area (Å²) in [6.45, 7) is 6.07. The molecule has 1 aromatic carbocycles. The third-order valence-electron chi connectivity index (χ3n) is 5.01. The highest BCUT2D eigenvalue weighted by Gasteiger charge is 2.24. The number of benzene rings is 1. The lowest BCUT2D eigenvalue weighted by molar-refractivity contribution is 0.0978. The van der Waals surface area contributed by atoms with E-state index in [1.807, 2.05) is 50.2 Å². The summed E-state index contributed by atoms with van der Waals surface area (Å²) < 4.78 is 5.05. The van der Waals surface area contributed by atoms with Crippen LogP contribution in [0.1, 0.15) is 37.0 Å². The molecular formula is C22H28N4O3. The first-order valence-electron chi connectivity index (χ1n) is 10.1. The monoisotopic (exact) mass is 396 g/mol. The zero-order valence-electron chi connectivity index (χ0n) is 17.0. The number of anilines is 2. The summed E-state index contributed by atoms with van der Waals surface area (Å²) >= 11 is 0. The number of hydrogen-bond acceptors (Lipinski definition) is 5. The van der Waals surface area contributed by atoms with E-state index in [0.29, 0.717) is 31.8 Å². The van der Waals surface area contributed by atoms with E-state index in [0.717, 1.165) is 24.3 Å². The highest BCUT2D eigenvalue weighted by Crippen LogP contribution is 2.19. The van der Waals surface area contributed by atoms with Crippen LogP contribution < -0.4 is 10.2 Å². The average molecular weight is 396 g/mol. The third-order valence-corrected chi connectivity index (χ3v) is 5.01. The van der Waals surface area contributed by atoms with E-state index in [1.54, 1.807) is 22.1 Å². The van der Waals surface area contributed by atoms with Crippen LogP contribution in [-0.4, -0.2) is 54.2 Å². The number of carbonyl (C=O) groups excluding carboxylic acids is 2. The lowest BCUT2D eigenvalue weighted by Crippen LogP contribution is -2.42. The number of ether oxygens (including phenoxy) is 1. The quantitative estimate of drug-likeness (QED) is 0.804. The van der Waals surface area contributed by atoms with Gasteiger partial charge in [0, 0.05) is 37.6 Å². The minimum absolute atomic E-state index is 0.0690. The van der Waals surface area contributed by atoms with Crippen LogP contribution >= 0.6 is 0 Å². The van der Waals surface area contributed by atoms with Gasteiger partial charge >= 0.3 is 6.09 Å². The molecule has 0 radical (unpaired) electrons. The van der Waals surface area contributed by atoms with E-state index < -0.39 is 0 Å². The topological polar surface area (TPSA) is 74.8 Å². The second-order valence-corrected chi connectivity index (χ2v) is 6.92. The molecule has 3 rings (SSSR count). The van der Waals surface area contributed by atoms with Gasteiger partial charge in [-0.1, -0.05) is 18.2 Å². The molecule has 2 aromatic rings. The molecule has 29 heavy (non-hydrogen) atoms. The number of para-hydroxylation sites is 1. The molecular weight excluding hydrogens is 368 g/mol. The van der Waals surface area contributed by atoms with E-state index in [1.165, 1.54) is 0 Å². The molecule has 0 spiro atoms. The standard InChI is InChI=1S/C22H28N4O3/c1-3-26(19-8-6-5-7-9-19)21(27)17-10-11-20(23-16-17)24-18-12-14-25(15-13-18)22(28)29-4-2/h5-11,16,18H,3-4,12-15H2,1-2H3,(H,23,24). The molecule has 0 saturated carbocycles. The Bertz CT molecular complexity index is 803. The van der Waals surface area contributed by atoms with Crippen molar-refractivity contribution >= 4 is 23.5 Å². The van der Waals surface area contributed by atoms with Gasteiger partial charge in [-0.3, -0.25) is 4.79 Å². The van der Waals surface area contributed by atoms with Gasteiger partial charge in [-0.2, -0.15) is 0 Å². The van der Waals surface area contributed by atoms with Gasteiger partial charge in [0.25, 0.3) is 5.91 Å².